The van der Waals surface area contributed by atoms with Gasteiger partial charge in [0.2, 0.25) is 0 Å². The molecule has 5 heteroatoms. The molecule has 0 spiro atoms. The topological polar surface area (TPSA) is 38.9 Å². The fourth-order valence-electron chi connectivity index (χ4n) is 4.22. The summed E-state index contributed by atoms with van der Waals surface area (Å²) in [5, 5.41) is 5.12. The van der Waals surface area contributed by atoms with Gasteiger partial charge in [-0.15, -0.1) is 65.4 Å². The third-order valence-electron chi connectivity index (χ3n) is 6.10. The van der Waals surface area contributed by atoms with Crippen molar-refractivity contribution in [2.45, 2.75) is 20.7 Å². The van der Waals surface area contributed by atoms with Gasteiger partial charge in [-0.2, -0.15) is 0 Å². The number of nitrogens with zero attached hydrogens (tertiary/aromatic N) is 2. The summed E-state index contributed by atoms with van der Waals surface area (Å²) in [5.74, 6) is 0. The van der Waals surface area contributed by atoms with Crippen LogP contribution in [0.1, 0.15) is 23.5 Å². The summed E-state index contributed by atoms with van der Waals surface area (Å²) in [5.41, 5.74) is 5.53. The number of aromatic nitrogens is 2. The first-order valence-electron chi connectivity index (χ1n) is 14.3. The molecule has 0 fully saturated rings. The zero-order valence-electron chi connectivity index (χ0n) is 25.3. The molecule has 0 N–H and O–H groups in total. The molecule has 0 amide bonds. The van der Waals surface area contributed by atoms with Crippen molar-refractivity contribution >= 4 is 43.4 Å². The van der Waals surface area contributed by atoms with Gasteiger partial charge in [-0.25, -0.2) is 0 Å². The minimum Gasteiger partial charge on any atom is -0.501 e. The number of thiophene rings is 1. The molecule has 0 atom stereocenters. The first-order chi connectivity index (χ1) is 20.2. The molecule has 0 aliphatic rings. The number of hydrogen-bond acceptors (Lipinski definition) is 4. The number of pyridine rings is 2. The van der Waals surface area contributed by atoms with Gasteiger partial charge in [-0.1, -0.05) is 34.7 Å². The van der Waals surface area contributed by atoms with E-state index in [0.717, 1.165) is 37.7 Å². The molecule has 0 saturated heterocycles. The molecule has 4 heterocycles. The van der Waals surface area contributed by atoms with Crippen molar-refractivity contribution in [3.63, 3.8) is 0 Å². The third-order valence-corrected chi connectivity index (χ3v) is 7.05. The Morgan fingerprint density at radius 1 is 0.895 bits per heavy atom. The van der Waals surface area contributed by atoms with E-state index in [1.54, 1.807) is 17.4 Å². The molecule has 38 heavy (non-hydrogen) atoms. The van der Waals surface area contributed by atoms with Gasteiger partial charge in [0.05, 0.1) is 5.58 Å². The average molecular weight is 694 g/mol. The van der Waals surface area contributed by atoms with Crippen LogP contribution in [-0.4, -0.2) is 9.97 Å². The fourth-order valence-corrected chi connectivity index (χ4v) is 5.18. The fraction of sp³-hybridized carbons (Fsp3) is 0.0909. The van der Waals surface area contributed by atoms with Crippen LogP contribution >= 0.6 is 11.3 Å². The summed E-state index contributed by atoms with van der Waals surface area (Å²) in [6, 6.07) is 29.4. The Labute approximate surface area is 246 Å². The Morgan fingerprint density at radius 2 is 1.82 bits per heavy atom. The maximum Gasteiger partial charge on any atom is 0.122 e. The molecule has 7 rings (SSSR count). The predicted molar refractivity (Wildman–Crippen MR) is 154 cm³/mol. The molecule has 3 nitrogen and oxygen atoms in total. The van der Waals surface area contributed by atoms with Crippen molar-refractivity contribution in [1.82, 2.24) is 9.97 Å². The van der Waals surface area contributed by atoms with Crippen LogP contribution in [0.5, 0.6) is 0 Å². The minimum atomic E-state index is -2.45. The van der Waals surface area contributed by atoms with Crippen molar-refractivity contribution < 1.29 is 31.4 Å². The molecule has 0 aliphatic carbocycles. The summed E-state index contributed by atoms with van der Waals surface area (Å²) in [6.07, 6.45) is 3.17. The van der Waals surface area contributed by atoms with Crippen LogP contribution in [0.4, 0.5) is 0 Å². The zero-order valence-corrected chi connectivity index (χ0v) is 23.5. The van der Waals surface area contributed by atoms with Crippen molar-refractivity contribution in [2.75, 3.05) is 0 Å². The number of benzene rings is 3. The average Bonchev–Trinajstić information content (AvgIpc) is 3.62. The zero-order chi connectivity index (χ0) is 29.4. The second-order valence-corrected chi connectivity index (χ2v) is 9.55. The van der Waals surface area contributed by atoms with Gasteiger partial charge in [0.25, 0.3) is 0 Å². The van der Waals surface area contributed by atoms with E-state index in [9.17, 15) is 0 Å². The van der Waals surface area contributed by atoms with Crippen molar-refractivity contribution in [3.05, 3.63) is 119 Å². The Hall–Kier alpha value is -3.63. The maximum absolute atomic E-state index is 7.80. The van der Waals surface area contributed by atoms with Gasteiger partial charge in [-0.3, -0.25) is 0 Å². The summed E-state index contributed by atoms with van der Waals surface area (Å²) >= 11 is 1.65. The SMILES string of the molecule is Cc1ccc(-c2[c-]cccc2)nc1.[2H]C([2H])c1cnc(-c2[c-]ccc3c2oc2ccc4ccsc4c23)cc1C([2H])([2H])[2H].[Ir]. The Balaban J connectivity index is 0.000000221. The first kappa shape index (κ1) is 20.3. The van der Waals surface area contributed by atoms with E-state index in [2.05, 4.69) is 34.2 Å². The van der Waals surface area contributed by atoms with Gasteiger partial charge < -0.3 is 14.4 Å². The first-order valence-corrected chi connectivity index (χ1v) is 12.6. The molecule has 3 aromatic carbocycles. The Kier molecular flexibility index (Phi) is 5.89. The Bertz CT molecular complexity index is 2020. The molecule has 0 aliphatic heterocycles. The van der Waals surface area contributed by atoms with Crippen molar-refractivity contribution in [3.8, 4) is 22.5 Å². The van der Waals surface area contributed by atoms with E-state index in [4.69, 9.17) is 11.3 Å². The van der Waals surface area contributed by atoms with Gasteiger partial charge in [0.1, 0.15) is 5.58 Å². The van der Waals surface area contributed by atoms with Crippen LogP contribution in [0, 0.1) is 32.8 Å². The van der Waals surface area contributed by atoms with Crippen LogP contribution in [0.25, 0.3) is 54.5 Å². The van der Waals surface area contributed by atoms with E-state index in [1.165, 1.54) is 17.8 Å². The second kappa shape index (κ2) is 11.0. The monoisotopic (exact) mass is 694 g/mol. The smallest absolute Gasteiger partial charge is 0.122 e. The number of hydrogen-bond donors (Lipinski definition) is 0. The van der Waals surface area contributed by atoms with Crippen LogP contribution in [0.3, 0.4) is 0 Å². The molecular weight excluding hydrogens is 665 g/mol. The van der Waals surface area contributed by atoms with Gasteiger partial charge in [-0.05, 0) is 72.1 Å². The number of fused-ring (bicyclic) bond motifs is 5. The minimum absolute atomic E-state index is 0. The van der Waals surface area contributed by atoms with Crippen molar-refractivity contribution in [1.29, 1.82) is 0 Å². The van der Waals surface area contributed by atoms with Crippen LogP contribution in [0.2, 0.25) is 0 Å². The summed E-state index contributed by atoms with van der Waals surface area (Å²) in [7, 11) is 0. The molecule has 7 aromatic rings. The number of furan rings is 1. The van der Waals surface area contributed by atoms with E-state index in [0.29, 0.717) is 16.8 Å². The van der Waals surface area contributed by atoms with Crippen molar-refractivity contribution in [2.24, 2.45) is 0 Å². The maximum atomic E-state index is 7.80. The van der Waals surface area contributed by atoms with E-state index < -0.39 is 13.7 Å². The quantitative estimate of drug-likeness (QED) is 0.170. The van der Waals surface area contributed by atoms with Gasteiger partial charge in [0.15, 0.2) is 0 Å². The molecule has 4 aromatic heterocycles. The normalized spacial score (nSPS) is 13.2. The van der Waals surface area contributed by atoms with Crippen LogP contribution in [-0.2, 0) is 20.1 Å². The summed E-state index contributed by atoms with van der Waals surface area (Å²) in [4.78, 5) is 8.66. The van der Waals surface area contributed by atoms with E-state index in [-0.39, 0.29) is 31.2 Å². The molecule has 1 radical (unpaired) electrons. The molecule has 0 bridgehead atoms. The second-order valence-electron chi connectivity index (χ2n) is 8.63. The molecular formula is C33H24IrN2OS-2. The third kappa shape index (κ3) is 4.93. The Morgan fingerprint density at radius 3 is 2.61 bits per heavy atom. The van der Waals surface area contributed by atoms with E-state index >= 15 is 0 Å². The largest absolute Gasteiger partial charge is 0.501 e. The van der Waals surface area contributed by atoms with Crippen LogP contribution in [0.15, 0.2) is 95.0 Å². The van der Waals surface area contributed by atoms with Gasteiger partial charge in [0, 0.05) is 49.4 Å². The predicted octanol–water partition coefficient (Wildman–Crippen LogP) is 9.13. The molecule has 0 saturated carbocycles. The summed E-state index contributed by atoms with van der Waals surface area (Å²) in [6.45, 7) is -1.84. The number of aryl methyl sites for hydroxylation is 3. The van der Waals surface area contributed by atoms with Gasteiger partial charge >= 0.3 is 0 Å². The molecule has 189 valence electrons. The standard InChI is InChI=1S/C21H14NOS.C12H10N.Ir/c1-12-10-17(22-11-13(12)2)15-4-3-5-16-19-18(23-20(15)16)7-6-14-8-9-24-21(14)19;1-10-7-8-12(13-9-10)11-5-3-2-4-6-11;/h3,5-11H,1-2H3;2-5,7-9H,1H3;/q2*-1;/i1D3,2D2;;. The van der Waals surface area contributed by atoms with E-state index in [1.807, 2.05) is 67.0 Å². The van der Waals surface area contributed by atoms with Crippen LogP contribution < -0.4 is 0 Å². The molecule has 0 unspecified atom stereocenters. The number of rotatable bonds is 2. The summed E-state index contributed by atoms with van der Waals surface area (Å²) < 4.78 is 45.9.